The Morgan fingerprint density at radius 2 is 2.11 bits per heavy atom. The molecule has 0 aliphatic carbocycles. The average molecular weight is 385 g/mol. The number of hydrogen-bond donors (Lipinski definition) is 2. The van der Waals surface area contributed by atoms with Gasteiger partial charge in [0.15, 0.2) is 5.96 Å². The molecule has 0 bridgehead atoms. The summed E-state index contributed by atoms with van der Waals surface area (Å²) >= 11 is 0. The molecule has 2 N–H and O–H groups in total. The maximum atomic E-state index is 4.86. The number of hydrogen-bond acceptors (Lipinski definition) is 3. The van der Waals surface area contributed by atoms with Crippen molar-refractivity contribution in [3.8, 4) is 0 Å². The first-order valence-electron chi connectivity index (χ1n) is 10.9. The molecule has 6 heteroatoms. The molecular weight excluding hydrogens is 348 g/mol. The predicted octanol–water partition coefficient (Wildman–Crippen LogP) is 3.02. The summed E-state index contributed by atoms with van der Waals surface area (Å²) in [6.07, 6.45) is 3.64. The van der Waals surface area contributed by atoms with Crippen LogP contribution in [0.4, 0.5) is 0 Å². The molecule has 1 fully saturated rings. The van der Waals surface area contributed by atoms with Crippen molar-refractivity contribution in [1.82, 2.24) is 25.1 Å². The maximum absolute atomic E-state index is 4.86. The van der Waals surface area contributed by atoms with Crippen LogP contribution in [0.1, 0.15) is 38.9 Å². The number of rotatable bonds is 8. The van der Waals surface area contributed by atoms with Crippen molar-refractivity contribution < 1.29 is 0 Å². The number of aryl methyl sites for hydroxylation is 2. The Bertz CT molecular complexity index is 765. The second kappa shape index (κ2) is 10.5. The molecule has 2 aromatic rings. The Balaban J connectivity index is 1.48. The second-order valence-electron chi connectivity index (χ2n) is 7.70. The molecule has 1 unspecified atom stereocenters. The molecule has 2 heterocycles. The number of benzene rings is 1. The lowest BCUT2D eigenvalue weighted by Crippen LogP contribution is -2.40. The highest BCUT2D eigenvalue weighted by Crippen LogP contribution is 2.17. The number of nitrogens with zero attached hydrogens (tertiary/aromatic N) is 4. The summed E-state index contributed by atoms with van der Waals surface area (Å²) in [5, 5.41) is 6.90. The van der Waals surface area contributed by atoms with Gasteiger partial charge in [-0.15, -0.1) is 0 Å². The molecule has 0 radical (unpaired) electrons. The molecule has 154 valence electrons. The van der Waals surface area contributed by atoms with Crippen LogP contribution in [0.15, 0.2) is 29.3 Å². The van der Waals surface area contributed by atoms with Gasteiger partial charge >= 0.3 is 0 Å². The summed E-state index contributed by atoms with van der Waals surface area (Å²) in [7, 11) is 0. The molecule has 6 nitrogen and oxygen atoms in total. The third kappa shape index (κ3) is 5.47. The number of para-hydroxylation sites is 2. The summed E-state index contributed by atoms with van der Waals surface area (Å²) < 4.78 is 2.31. The molecule has 3 rings (SSSR count). The Kier molecular flexibility index (Phi) is 7.71. The fraction of sp³-hybridized carbons (Fsp3) is 0.636. The first-order valence-corrected chi connectivity index (χ1v) is 10.9. The van der Waals surface area contributed by atoms with Crippen molar-refractivity contribution in [3.63, 3.8) is 0 Å². The Hall–Kier alpha value is -2.08. The molecule has 1 aliphatic heterocycles. The van der Waals surface area contributed by atoms with E-state index in [1.807, 2.05) is 6.07 Å². The van der Waals surface area contributed by atoms with Crippen molar-refractivity contribution in [2.75, 3.05) is 39.3 Å². The highest BCUT2D eigenvalue weighted by Gasteiger charge is 2.18. The fourth-order valence-corrected chi connectivity index (χ4v) is 4.07. The third-order valence-electron chi connectivity index (χ3n) is 5.60. The van der Waals surface area contributed by atoms with Gasteiger partial charge in [0.2, 0.25) is 0 Å². The van der Waals surface area contributed by atoms with Crippen LogP contribution in [0.2, 0.25) is 0 Å². The van der Waals surface area contributed by atoms with Gasteiger partial charge < -0.3 is 20.1 Å². The average Bonchev–Trinajstić information content (AvgIpc) is 3.04. The quantitative estimate of drug-likeness (QED) is 0.417. The van der Waals surface area contributed by atoms with E-state index in [2.05, 4.69) is 64.1 Å². The standard InChI is InChI=1S/C22H36N6/c1-4-23-22(25-16-19-10-8-14-27(5-2)17-19)24-13-9-15-28-18(3)26-20-11-6-7-12-21(20)28/h6-7,11-12,19H,4-5,8-10,13-17H2,1-3H3,(H2,23,24,25). The van der Waals surface area contributed by atoms with Crippen molar-refractivity contribution >= 4 is 17.0 Å². The van der Waals surface area contributed by atoms with E-state index in [1.54, 1.807) is 0 Å². The largest absolute Gasteiger partial charge is 0.357 e. The van der Waals surface area contributed by atoms with E-state index in [-0.39, 0.29) is 0 Å². The van der Waals surface area contributed by atoms with E-state index in [0.717, 1.165) is 56.4 Å². The van der Waals surface area contributed by atoms with Crippen LogP contribution in [-0.2, 0) is 6.54 Å². The van der Waals surface area contributed by atoms with Gasteiger partial charge in [-0.1, -0.05) is 19.1 Å². The number of likely N-dealkylation sites (tertiary alicyclic amines) is 1. The van der Waals surface area contributed by atoms with Crippen molar-refractivity contribution in [3.05, 3.63) is 30.1 Å². The van der Waals surface area contributed by atoms with Gasteiger partial charge in [-0.25, -0.2) is 4.98 Å². The van der Waals surface area contributed by atoms with Gasteiger partial charge in [0.05, 0.1) is 11.0 Å². The second-order valence-corrected chi connectivity index (χ2v) is 7.70. The minimum absolute atomic E-state index is 0.684. The van der Waals surface area contributed by atoms with E-state index >= 15 is 0 Å². The molecular formula is C22H36N6. The van der Waals surface area contributed by atoms with Crippen LogP contribution in [0.3, 0.4) is 0 Å². The summed E-state index contributed by atoms with van der Waals surface area (Å²) in [6, 6.07) is 8.36. The predicted molar refractivity (Wildman–Crippen MR) is 118 cm³/mol. The van der Waals surface area contributed by atoms with Gasteiger partial charge in [0, 0.05) is 32.7 Å². The van der Waals surface area contributed by atoms with Crippen LogP contribution in [0, 0.1) is 12.8 Å². The summed E-state index contributed by atoms with van der Waals surface area (Å²) in [5.74, 6) is 2.71. The lowest BCUT2D eigenvalue weighted by molar-refractivity contribution is 0.186. The van der Waals surface area contributed by atoms with Gasteiger partial charge in [-0.05, 0) is 64.3 Å². The first kappa shape index (κ1) is 20.6. The highest BCUT2D eigenvalue weighted by atomic mass is 15.2. The normalized spacial score (nSPS) is 18.5. The van der Waals surface area contributed by atoms with Gasteiger partial charge in [0.1, 0.15) is 5.82 Å². The summed E-state index contributed by atoms with van der Waals surface area (Å²) in [4.78, 5) is 12.1. The van der Waals surface area contributed by atoms with Crippen LogP contribution in [-0.4, -0.2) is 59.7 Å². The number of aromatic nitrogens is 2. The molecule has 0 spiro atoms. The van der Waals surface area contributed by atoms with Crippen molar-refractivity contribution in [2.24, 2.45) is 10.9 Å². The van der Waals surface area contributed by atoms with Crippen molar-refractivity contribution in [2.45, 2.75) is 46.6 Å². The van der Waals surface area contributed by atoms with Crippen LogP contribution in [0.25, 0.3) is 11.0 Å². The first-order chi connectivity index (χ1) is 13.7. The van der Waals surface area contributed by atoms with E-state index in [4.69, 9.17) is 4.99 Å². The minimum atomic E-state index is 0.684. The topological polar surface area (TPSA) is 57.5 Å². The lowest BCUT2D eigenvalue weighted by Gasteiger charge is -2.31. The van der Waals surface area contributed by atoms with Crippen LogP contribution < -0.4 is 10.6 Å². The zero-order chi connectivity index (χ0) is 19.8. The van der Waals surface area contributed by atoms with E-state index in [1.165, 1.54) is 31.4 Å². The van der Waals surface area contributed by atoms with E-state index in [0.29, 0.717) is 5.92 Å². The SMILES string of the molecule is CCNC(=NCC1CCCN(CC)C1)NCCCn1c(C)nc2ccccc21. The van der Waals surface area contributed by atoms with Gasteiger partial charge in [-0.2, -0.15) is 0 Å². The number of guanidine groups is 1. The molecule has 28 heavy (non-hydrogen) atoms. The number of piperidine rings is 1. The molecule has 0 amide bonds. The zero-order valence-electron chi connectivity index (χ0n) is 17.7. The van der Waals surface area contributed by atoms with Gasteiger partial charge in [-0.3, -0.25) is 4.99 Å². The van der Waals surface area contributed by atoms with E-state index < -0.39 is 0 Å². The number of aliphatic imine (C=N–C) groups is 1. The monoisotopic (exact) mass is 384 g/mol. The van der Waals surface area contributed by atoms with Crippen LogP contribution in [0.5, 0.6) is 0 Å². The molecule has 0 saturated carbocycles. The molecule has 1 saturated heterocycles. The van der Waals surface area contributed by atoms with Gasteiger partial charge in [0.25, 0.3) is 0 Å². The Morgan fingerprint density at radius 3 is 2.93 bits per heavy atom. The minimum Gasteiger partial charge on any atom is -0.357 e. The molecule has 1 atom stereocenters. The summed E-state index contributed by atoms with van der Waals surface area (Å²) in [6.45, 7) is 13.7. The molecule has 1 aromatic carbocycles. The third-order valence-corrected chi connectivity index (χ3v) is 5.60. The van der Waals surface area contributed by atoms with Crippen LogP contribution >= 0.6 is 0 Å². The lowest BCUT2D eigenvalue weighted by atomic mass is 9.98. The molecule has 1 aromatic heterocycles. The Labute approximate surface area is 169 Å². The summed E-state index contributed by atoms with van der Waals surface area (Å²) in [5.41, 5.74) is 2.30. The highest BCUT2D eigenvalue weighted by molar-refractivity contribution is 5.79. The Morgan fingerprint density at radius 1 is 1.25 bits per heavy atom. The fourth-order valence-electron chi connectivity index (χ4n) is 4.07. The van der Waals surface area contributed by atoms with E-state index in [9.17, 15) is 0 Å². The molecule has 1 aliphatic rings. The zero-order valence-corrected chi connectivity index (χ0v) is 17.7. The smallest absolute Gasteiger partial charge is 0.191 e. The number of nitrogens with one attached hydrogen (secondary N) is 2. The maximum Gasteiger partial charge on any atom is 0.191 e. The number of imidazole rings is 1. The van der Waals surface area contributed by atoms with Crippen molar-refractivity contribution in [1.29, 1.82) is 0 Å². The number of fused-ring (bicyclic) bond motifs is 1.